The number of hydrogen-bond donors (Lipinski definition) is 1. The summed E-state index contributed by atoms with van der Waals surface area (Å²) in [5.41, 5.74) is 6.66. The molecule has 2 aromatic rings. The molecule has 0 aliphatic carbocycles. The molecule has 0 radical (unpaired) electrons. The number of anilines is 1. The van der Waals surface area contributed by atoms with Crippen LogP contribution < -0.4 is 5.73 Å². The molecule has 1 heterocycles. The van der Waals surface area contributed by atoms with Crippen LogP contribution in [0, 0.1) is 0 Å². The van der Waals surface area contributed by atoms with Crippen LogP contribution in [0.15, 0.2) is 46.0 Å². The molecule has 106 valence electrons. The number of thioether (sulfide) groups is 1. The molecule has 0 amide bonds. The summed E-state index contributed by atoms with van der Waals surface area (Å²) in [6, 6.07) is 7.92. The number of halogens is 4. The topological polar surface area (TPSA) is 38.9 Å². The van der Waals surface area contributed by atoms with Gasteiger partial charge in [0.25, 0.3) is 0 Å². The van der Waals surface area contributed by atoms with Gasteiger partial charge in [-0.2, -0.15) is 13.2 Å². The van der Waals surface area contributed by atoms with Crippen LogP contribution in [-0.4, -0.2) is 4.98 Å². The first-order valence-electron chi connectivity index (χ1n) is 5.56. The Kier molecular flexibility index (Phi) is 4.59. The van der Waals surface area contributed by atoms with Crippen LogP contribution in [-0.2, 0) is 11.9 Å². The molecular formula is C13H10BrF3N2S. The van der Waals surface area contributed by atoms with Crippen molar-refractivity contribution < 1.29 is 13.2 Å². The van der Waals surface area contributed by atoms with E-state index < -0.39 is 11.7 Å². The third-order valence-electron chi connectivity index (χ3n) is 2.55. The molecule has 0 fully saturated rings. The first-order valence-corrected chi connectivity index (χ1v) is 7.34. The van der Waals surface area contributed by atoms with Gasteiger partial charge in [0.1, 0.15) is 0 Å². The zero-order chi connectivity index (χ0) is 14.8. The largest absolute Gasteiger partial charge is 0.417 e. The zero-order valence-corrected chi connectivity index (χ0v) is 12.5. The van der Waals surface area contributed by atoms with Gasteiger partial charge in [-0.25, -0.2) is 4.98 Å². The first-order chi connectivity index (χ1) is 9.36. The predicted octanol–water partition coefficient (Wildman–Crippen LogP) is 4.74. The van der Waals surface area contributed by atoms with E-state index in [2.05, 4.69) is 20.9 Å². The second-order valence-corrected chi connectivity index (χ2v) is 5.93. The zero-order valence-electron chi connectivity index (χ0n) is 10.1. The third-order valence-corrected chi connectivity index (χ3v) is 4.03. The van der Waals surface area contributed by atoms with Crippen LogP contribution in [0.3, 0.4) is 0 Å². The third kappa shape index (κ3) is 3.89. The van der Waals surface area contributed by atoms with E-state index in [1.807, 2.05) is 12.1 Å². The standard InChI is InChI=1S/C13H10BrF3N2S/c14-10-3-1-8(11(18)5-10)7-20-12-4-2-9(6-19-12)13(15,16)17/h1-6H,7,18H2. The van der Waals surface area contributed by atoms with Crippen molar-refractivity contribution in [3.8, 4) is 0 Å². The first kappa shape index (κ1) is 15.2. The lowest BCUT2D eigenvalue weighted by Crippen LogP contribution is -2.05. The molecule has 7 heteroatoms. The highest BCUT2D eigenvalue weighted by Crippen LogP contribution is 2.31. The van der Waals surface area contributed by atoms with Crippen LogP contribution in [0.4, 0.5) is 18.9 Å². The highest BCUT2D eigenvalue weighted by molar-refractivity contribution is 9.10. The molecule has 2 N–H and O–H groups in total. The van der Waals surface area contributed by atoms with Gasteiger partial charge < -0.3 is 5.73 Å². The fourth-order valence-electron chi connectivity index (χ4n) is 1.48. The van der Waals surface area contributed by atoms with Crippen molar-refractivity contribution in [1.29, 1.82) is 0 Å². The maximum atomic E-state index is 12.4. The summed E-state index contributed by atoms with van der Waals surface area (Å²) in [6.45, 7) is 0. The van der Waals surface area contributed by atoms with Crippen molar-refractivity contribution in [2.75, 3.05) is 5.73 Å². The van der Waals surface area contributed by atoms with Gasteiger partial charge >= 0.3 is 6.18 Å². The van der Waals surface area contributed by atoms with Gasteiger partial charge in [-0.15, -0.1) is 11.8 Å². The van der Waals surface area contributed by atoms with Gasteiger partial charge in [-0.05, 0) is 29.8 Å². The summed E-state index contributed by atoms with van der Waals surface area (Å²) < 4.78 is 38.1. The Morgan fingerprint density at radius 2 is 1.95 bits per heavy atom. The number of benzene rings is 1. The number of alkyl halides is 3. The lowest BCUT2D eigenvalue weighted by molar-refractivity contribution is -0.137. The summed E-state index contributed by atoms with van der Waals surface area (Å²) in [7, 11) is 0. The number of nitrogen functional groups attached to an aromatic ring is 1. The van der Waals surface area contributed by atoms with Crippen molar-refractivity contribution in [2.45, 2.75) is 17.0 Å². The SMILES string of the molecule is Nc1cc(Br)ccc1CSc1ccc(C(F)(F)F)cn1. The lowest BCUT2D eigenvalue weighted by atomic mass is 10.2. The Balaban J connectivity index is 2.04. The average molecular weight is 363 g/mol. The van der Waals surface area contributed by atoms with Crippen molar-refractivity contribution in [3.05, 3.63) is 52.1 Å². The molecule has 20 heavy (non-hydrogen) atoms. The Morgan fingerprint density at radius 1 is 1.20 bits per heavy atom. The average Bonchev–Trinajstić information content (AvgIpc) is 2.37. The number of nitrogens with two attached hydrogens (primary N) is 1. The van der Waals surface area contributed by atoms with Crippen LogP contribution in [0.2, 0.25) is 0 Å². The molecule has 0 aliphatic heterocycles. The molecular weight excluding hydrogens is 353 g/mol. The van der Waals surface area contributed by atoms with Crippen molar-refractivity contribution >= 4 is 33.4 Å². The van der Waals surface area contributed by atoms with Crippen molar-refractivity contribution in [2.24, 2.45) is 0 Å². The van der Waals surface area contributed by atoms with E-state index in [1.54, 1.807) is 6.07 Å². The van der Waals surface area contributed by atoms with E-state index in [1.165, 1.54) is 17.8 Å². The van der Waals surface area contributed by atoms with Crippen LogP contribution in [0.1, 0.15) is 11.1 Å². The van der Waals surface area contributed by atoms with E-state index in [4.69, 9.17) is 5.73 Å². The molecule has 1 aromatic heterocycles. The highest BCUT2D eigenvalue weighted by atomic mass is 79.9. The Hall–Kier alpha value is -1.21. The molecule has 0 aliphatic rings. The van der Waals surface area contributed by atoms with Crippen LogP contribution >= 0.6 is 27.7 Å². The second kappa shape index (κ2) is 6.05. The maximum Gasteiger partial charge on any atom is 0.417 e. The number of hydrogen-bond acceptors (Lipinski definition) is 3. The number of rotatable bonds is 3. The van der Waals surface area contributed by atoms with Crippen LogP contribution in [0.25, 0.3) is 0 Å². The maximum absolute atomic E-state index is 12.4. The molecule has 1 aromatic carbocycles. The predicted molar refractivity (Wildman–Crippen MR) is 77.4 cm³/mol. The molecule has 0 saturated heterocycles. The minimum atomic E-state index is -4.35. The molecule has 0 bridgehead atoms. The smallest absolute Gasteiger partial charge is 0.398 e. The minimum absolute atomic E-state index is 0.528. The number of aromatic nitrogens is 1. The normalized spacial score (nSPS) is 11.6. The summed E-state index contributed by atoms with van der Waals surface area (Å²) in [6.07, 6.45) is -3.51. The van der Waals surface area contributed by atoms with E-state index in [0.29, 0.717) is 16.5 Å². The van der Waals surface area contributed by atoms with Gasteiger partial charge in [0.05, 0.1) is 10.6 Å². The monoisotopic (exact) mass is 362 g/mol. The quantitative estimate of drug-likeness (QED) is 0.633. The minimum Gasteiger partial charge on any atom is -0.398 e. The van der Waals surface area contributed by atoms with Gasteiger partial charge in [-0.1, -0.05) is 22.0 Å². The summed E-state index contributed by atoms with van der Waals surface area (Å²) in [5.74, 6) is 0.553. The van der Waals surface area contributed by atoms with Gasteiger partial charge in [0.2, 0.25) is 0 Å². The molecule has 0 saturated carbocycles. The van der Waals surface area contributed by atoms with Crippen LogP contribution in [0.5, 0.6) is 0 Å². The molecule has 0 spiro atoms. The number of nitrogens with zero attached hydrogens (tertiary/aromatic N) is 1. The Bertz CT molecular complexity index is 600. The Morgan fingerprint density at radius 3 is 2.50 bits per heavy atom. The molecule has 2 rings (SSSR count). The van der Waals surface area contributed by atoms with E-state index in [9.17, 15) is 13.2 Å². The van der Waals surface area contributed by atoms with E-state index in [0.717, 1.165) is 22.3 Å². The molecule has 0 unspecified atom stereocenters. The fraction of sp³-hybridized carbons (Fsp3) is 0.154. The molecule has 0 atom stereocenters. The fourth-order valence-corrected chi connectivity index (χ4v) is 2.72. The Labute approximate surface area is 126 Å². The van der Waals surface area contributed by atoms with Crippen molar-refractivity contribution in [3.63, 3.8) is 0 Å². The van der Waals surface area contributed by atoms with E-state index in [-0.39, 0.29) is 0 Å². The summed E-state index contributed by atoms with van der Waals surface area (Å²) in [4.78, 5) is 3.80. The summed E-state index contributed by atoms with van der Waals surface area (Å²) in [5, 5.41) is 0.528. The molecule has 2 nitrogen and oxygen atoms in total. The van der Waals surface area contributed by atoms with E-state index >= 15 is 0 Å². The lowest BCUT2D eigenvalue weighted by Gasteiger charge is -2.08. The number of pyridine rings is 1. The highest BCUT2D eigenvalue weighted by Gasteiger charge is 2.30. The van der Waals surface area contributed by atoms with Gasteiger partial charge in [-0.3, -0.25) is 0 Å². The van der Waals surface area contributed by atoms with Crippen molar-refractivity contribution in [1.82, 2.24) is 4.98 Å². The van der Waals surface area contributed by atoms with Gasteiger partial charge in [0.15, 0.2) is 0 Å². The summed E-state index contributed by atoms with van der Waals surface area (Å²) >= 11 is 4.65. The second-order valence-electron chi connectivity index (χ2n) is 4.01. The van der Waals surface area contributed by atoms with Gasteiger partial charge in [0, 0.05) is 22.1 Å².